The van der Waals surface area contributed by atoms with Gasteiger partial charge in [-0.3, -0.25) is 4.79 Å². The van der Waals surface area contributed by atoms with E-state index < -0.39 is 6.04 Å². The van der Waals surface area contributed by atoms with E-state index >= 15 is 0 Å². The molecule has 1 aliphatic rings. The van der Waals surface area contributed by atoms with E-state index in [0.29, 0.717) is 36.7 Å². The highest BCUT2D eigenvalue weighted by Gasteiger charge is 2.24. The maximum Gasteiger partial charge on any atom is 0.255 e. The lowest BCUT2D eigenvalue weighted by Gasteiger charge is -2.23. The number of fused-ring (bicyclic) bond motifs is 2. The lowest BCUT2D eigenvalue weighted by Crippen LogP contribution is -2.39. The second-order valence-electron chi connectivity index (χ2n) is 8.19. The van der Waals surface area contributed by atoms with Crippen LogP contribution in [0.25, 0.3) is 22.0 Å². The number of aliphatic hydroxyl groups excluding tert-OH is 1. The number of rotatable bonds is 7. The summed E-state index contributed by atoms with van der Waals surface area (Å²) in [6, 6.07) is 19.5. The zero-order chi connectivity index (χ0) is 23.5. The highest BCUT2D eigenvalue weighted by Crippen LogP contribution is 2.39. The second-order valence-corrected chi connectivity index (χ2v) is 9.07. The molecule has 6 nitrogen and oxygen atoms in total. The predicted octanol–water partition coefficient (Wildman–Crippen LogP) is 4.66. The van der Waals surface area contributed by atoms with Crippen LogP contribution in [0.5, 0.6) is 11.5 Å². The molecule has 2 heterocycles. The topological polar surface area (TPSA) is 83.6 Å². The van der Waals surface area contributed by atoms with Crippen LogP contribution in [0.15, 0.2) is 71.8 Å². The number of carbonyl (C=O) groups is 1. The second kappa shape index (κ2) is 9.83. The molecule has 0 saturated carbocycles. The SMILES string of the molecule is CSc1ccc(-c2cc3c(c(C(=O)N[C@@H](CO)Cc4c[nH]c5ccccc45)c2)OCCO3)cc1. The molecule has 1 amide bonds. The Kier molecular flexibility index (Phi) is 6.47. The van der Waals surface area contributed by atoms with E-state index in [4.69, 9.17) is 9.47 Å². The first-order valence-electron chi connectivity index (χ1n) is 11.2. The van der Waals surface area contributed by atoms with Gasteiger partial charge in [0.25, 0.3) is 5.91 Å². The van der Waals surface area contributed by atoms with E-state index in [0.717, 1.165) is 27.6 Å². The molecule has 3 N–H and O–H groups in total. The summed E-state index contributed by atoms with van der Waals surface area (Å²) < 4.78 is 11.6. The third-order valence-corrected chi connectivity index (χ3v) is 6.75. The smallest absolute Gasteiger partial charge is 0.255 e. The fourth-order valence-electron chi connectivity index (χ4n) is 4.26. The first kappa shape index (κ1) is 22.4. The van der Waals surface area contributed by atoms with Gasteiger partial charge in [-0.25, -0.2) is 0 Å². The van der Waals surface area contributed by atoms with Crippen molar-refractivity contribution in [2.75, 3.05) is 26.1 Å². The first-order chi connectivity index (χ1) is 16.7. The van der Waals surface area contributed by atoms with Crippen LogP contribution >= 0.6 is 11.8 Å². The Morgan fingerprint density at radius 1 is 1.09 bits per heavy atom. The van der Waals surface area contributed by atoms with Crippen molar-refractivity contribution in [1.29, 1.82) is 0 Å². The number of amides is 1. The highest BCUT2D eigenvalue weighted by atomic mass is 32.2. The van der Waals surface area contributed by atoms with Crippen LogP contribution in [-0.4, -0.2) is 48.1 Å². The lowest BCUT2D eigenvalue weighted by molar-refractivity contribution is 0.0906. The van der Waals surface area contributed by atoms with Crippen LogP contribution in [0.2, 0.25) is 0 Å². The molecule has 1 aliphatic heterocycles. The number of hydrogen-bond donors (Lipinski definition) is 3. The van der Waals surface area contributed by atoms with Gasteiger partial charge in [0.2, 0.25) is 0 Å². The molecule has 0 aliphatic carbocycles. The van der Waals surface area contributed by atoms with Crippen molar-refractivity contribution < 1.29 is 19.4 Å². The van der Waals surface area contributed by atoms with Gasteiger partial charge in [-0.1, -0.05) is 30.3 Å². The summed E-state index contributed by atoms with van der Waals surface area (Å²) in [6.45, 7) is 0.636. The van der Waals surface area contributed by atoms with Crippen LogP contribution in [0.1, 0.15) is 15.9 Å². The number of aromatic amines is 1. The van der Waals surface area contributed by atoms with Gasteiger partial charge in [-0.15, -0.1) is 11.8 Å². The average Bonchev–Trinajstić information content (AvgIpc) is 3.30. The van der Waals surface area contributed by atoms with E-state index in [1.807, 2.05) is 61.0 Å². The maximum absolute atomic E-state index is 13.4. The third-order valence-electron chi connectivity index (χ3n) is 6.01. The highest BCUT2D eigenvalue weighted by molar-refractivity contribution is 7.98. The molecule has 7 heteroatoms. The van der Waals surface area contributed by atoms with E-state index in [1.54, 1.807) is 11.8 Å². The van der Waals surface area contributed by atoms with E-state index in [-0.39, 0.29) is 12.5 Å². The van der Waals surface area contributed by atoms with Crippen molar-refractivity contribution >= 4 is 28.6 Å². The van der Waals surface area contributed by atoms with Crippen molar-refractivity contribution in [3.05, 3.63) is 78.0 Å². The van der Waals surface area contributed by atoms with Gasteiger partial charge in [0.05, 0.1) is 18.2 Å². The van der Waals surface area contributed by atoms with Crippen molar-refractivity contribution in [1.82, 2.24) is 10.3 Å². The lowest BCUT2D eigenvalue weighted by atomic mass is 10.00. The number of aliphatic hydroxyl groups is 1. The molecular formula is C27H26N2O4S. The number of hydrogen-bond acceptors (Lipinski definition) is 5. The normalized spacial score (nSPS) is 13.6. The molecule has 1 aromatic heterocycles. The monoisotopic (exact) mass is 474 g/mol. The molecule has 34 heavy (non-hydrogen) atoms. The van der Waals surface area contributed by atoms with Crippen molar-refractivity contribution in [2.24, 2.45) is 0 Å². The van der Waals surface area contributed by atoms with Gasteiger partial charge in [-0.05, 0) is 59.7 Å². The number of benzene rings is 3. The van der Waals surface area contributed by atoms with Crippen LogP contribution < -0.4 is 14.8 Å². The minimum Gasteiger partial charge on any atom is -0.486 e. The Balaban J connectivity index is 1.43. The Hall–Kier alpha value is -3.42. The number of nitrogens with one attached hydrogen (secondary N) is 2. The summed E-state index contributed by atoms with van der Waals surface area (Å²) in [5.74, 6) is 0.695. The van der Waals surface area contributed by atoms with Crippen LogP contribution in [0, 0.1) is 0 Å². The molecule has 0 unspecified atom stereocenters. The number of thioether (sulfide) groups is 1. The van der Waals surface area contributed by atoms with Gasteiger partial charge < -0.3 is 24.9 Å². The molecule has 3 aromatic carbocycles. The number of H-pyrrole nitrogens is 1. The van der Waals surface area contributed by atoms with Gasteiger partial charge in [0.15, 0.2) is 11.5 Å². The fourth-order valence-corrected chi connectivity index (χ4v) is 4.67. The molecule has 0 radical (unpaired) electrons. The number of aromatic nitrogens is 1. The van der Waals surface area contributed by atoms with Gasteiger partial charge in [0, 0.05) is 22.0 Å². The molecule has 174 valence electrons. The molecule has 5 rings (SSSR count). The number of para-hydroxylation sites is 1. The van der Waals surface area contributed by atoms with Crippen LogP contribution in [-0.2, 0) is 6.42 Å². The van der Waals surface area contributed by atoms with E-state index in [1.165, 1.54) is 4.90 Å². The summed E-state index contributed by atoms with van der Waals surface area (Å²) >= 11 is 1.68. The minimum atomic E-state index is -0.448. The van der Waals surface area contributed by atoms with Crippen LogP contribution in [0.4, 0.5) is 0 Å². The first-order valence-corrected chi connectivity index (χ1v) is 12.4. The molecule has 0 saturated heterocycles. The zero-order valence-corrected chi connectivity index (χ0v) is 19.7. The summed E-state index contributed by atoms with van der Waals surface area (Å²) in [5, 5.41) is 14.1. The molecule has 0 fully saturated rings. The van der Waals surface area contributed by atoms with Gasteiger partial charge in [0.1, 0.15) is 13.2 Å². The zero-order valence-electron chi connectivity index (χ0n) is 18.8. The molecular weight excluding hydrogens is 448 g/mol. The average molecular weight is 475 g/mol. The maximum atomic E-state index is 13.4. The summed E-state index contributed by atoms with van der Waals surface area (Å²) in [7, 11) is 0. The minimum absolute atomic E-state index is 0.180. The standard InChI is InChI=1S/C27H26N2O4S/c1-34-21-8-6-17(7-9-21)18-13-23(26-25(14-18)32-10-11-33-26)27(31)29-20(16-30)12-19-15-28-24-5-3-2-4-22(19)24/h2-9,13-15,20,28,30H,10-12,16H2,1H3,(H,29,31)/t20-/m1/s1. The van der Waals surface area contributed by atoms with Crippen LogP contribution in [0.3, 0.4) is 0 Å². The van der Waals surface area contributed by atoms with Crippen molar-refractivity contribution in [3.8, 4) is 22.6 Å². The fraction of sp³-hybridized carbons (Fsp3) is 0.222. The molecule has 0 bridgehead atoms. The van der Waals surface area contributed by atoms with E-state index in [2.05, 4.69) is 22.4 Å². The Morgan fingerprint density at radius 2 is 1.88 bits per heavy atom. The molecule has 0 spiro atoms. The predicted molar refractivity (Wildman–Crippen MR) is 135 cm³/mol. The Labute approximate surface area is 202 Å². The quantitative estimate of drug-likeness (QED) is 0.339. The number of carbonyl (C=O) groups excluding carboxylic acids is 1. The molecule has 1 atom stereocenters. The third kappa shape index (κ3) is 4.49. The summed E-state index contributed by atoms with van der Waals surface area (Å²) in [6.07, 6.45) is 4.47. The Morgan fingerprint density at radius 3 is 2.68 bits per heavy atom. The van der Waals surface area contributed by atoms with Gasteiger partial charge in [-0.2, -0.15) is 0 Å². The van der Waals surface area contributed by atoms with Crippen molar-refractivity contribution in [3.63, 3.8) is 0 Å². The van der Waals surface area contributed by atoms with Gasteiger partial charge >= 0.3 is 0 Å². The Bertz CT molecular complexity index is 1320. The van der Waals surface area contributed by atoms with E-state index in [9.17, 15) is 9.90 Å². The summed E-state index contributed by atoms with van der Waals surface area (Å²) in [5.41, 5.74) is 4.33. The van der Waals surface area contributed by atoms with Crippen molar-refractivity contribution in [2.45, 2.75) is 17.4 Å². The summed E-state index contributed by atoms with van der Waals surface area (Å²) in [4.78, 5) is 17.8. The number of ether oxygens (including phenoxy) is 2. The molecule has 4 aromatic rings. The largest absolute Gasteiger partial charge is 0.486 e.